The van der Waals surface area contributed by atoms with Gasteiger partial charge in [-0.2, -0.15) is 0 Å². The molecule has 0 bridgehead atoms. The fourth-order valence-electron chi connectivity index (χ4n) is 1.95. The van der Waals surface area contributed by atoms with Crippen LogP contribution in [0.1, 0.15) is 31.1 Å². The van der Waals surface area contributed by atoms with Crippen LogP contribution in [0.3, 0.4) is 0 Å². The van der Waals surface area contributed by atoms with Gasteiger partial charge in [0.15, 0.2) is 0 Å². The first-order valence-corrected chi connectivity index (χ1v) is 6.82. The average Bonchev–Trinajstić information content (AvgIpc) is 2.37. The van der Waals surface area contributed by atoms with E-state index in [0.717, 1.165) is 5.69 Å². The van der Waals surface area contributed by atoms with Crippen molar-refractivity contribution in [2.45, 2.75) is 33.0 Å². The van der Waals surface area contributed by atoms with Gasteiger partial charge in [-0.05, 0) is 45.0 Å². The summed E-state index contributed by atoms with van der Waals surface area (Å²) in [4.78, 5) is 13.4. The lowest BCUT2D eigenvalue weighted by Crippen LogP contribution is -2.36. The summed E-state index contributed by atoms with van der Waals surface area (Å²) in [6.45, 7) is 6.34. The Bertz CT molecular complexity index is 404. The normalized spacial score (nSPS) is 13.7. The molecule has 5 heteroatoms. The molecule has 0 aliphatic rings. The highest BCUT2D eigenvalue weighted by molar-refractivity contribution is 5.89. The highest BCUT2D eigenvalue weighted by atomic mass is 16.5. The van der Waals surface area contributed by atoms with Crippen molar-refractivity contribution in [3.05, 3.63) is 29.8 Å². The van der Waals surface area contributed by atoms with Crippen LogP contribution in [-0.4, -0.2) is 48.1 Å². The molecule has 0 unspecified atom stereocenters. The van der Waals surface area contributed by atoms with E-state index in [1.807, 2.05) is 4.90 Å². The van der Waals surface area contributed by atoms with Gasteiger partial charge in [0.25, 0.3) is 0 Å². The van der Waals surface area contributed by atoms with Crippen molar-refractivity contribution in [1.29, 1.82) is 0 Å². The average molecular weight is 281 g/mol. The maximum absolute atomic E-state index is 11.6. The molecule has 0 saturated carbocycles. The molecule has 0 spiro atoms. The van der Waals surface area contributed by atoms with Crippen LogP contribution in [0.4, 0.5) is 5.69 Å². The van der Waals surface area contributed by atoms with Gasteiger partial charge in [0, 0.05) is 18.8 Å². The number of rotatable bonds is 7. The number of esters is 1. The van der Waals surface area contributed by atoms with Gasteiger partial charge in [-0.15, -0.1) is 0 Å². The van der Waals surface area contributed by atoms with Crippen LogP contribution in [0.2, 0.25) is 0 Å². The molecule has 0 aromatic heterocycles. The lowest BCUT2D eigenvalue weighted by molar-refractivity contribution is 0.0526. The molecule has 2 atom stereocenters. The molecule has 0 fully saturated rings. The van der Waals surface area contributed by atoms with E-state index in [1.165, 1.54) is 0 Å². The molecular formula is C15H23NO4. The Morgan fingerprint density at radius 3 is 2.05 bits per heavy atom. The Morgan fingerprint density at radius 1 is 1.15 bits per heavy atom. The largest absolute Gasteiger partial charge is 0.462 e. The number of hydrogen-bond donors (Lipinski definition) is 2. The molecule has 20 heavy (non-hydrogen) atoms. The molecule has 0 radical (unpaired) electrons. The van der Waals surface area contributed by atoms with Gasteiger partial charge < -0.3 is 19.8 Å². The predicted octanol–water partition coefficient (Wildman–Crippen LogP) is 1.43. The summed E-state index contributed by atoms with van der Waals surface area (Å²) in [5.74, 6) is -0.350. The highest BCUT2D eigenvalue weighted by Crippen LogP contribution is 2.17. The van der Waals surface area contributed by atoms with E-state index in [4.69, 9.17) is 4.74 Å². The molecule has 1 aromatic rings. The Labute approximate surface area is 119 Å². The van der Waals surface area contributed by atoms with Gasteiger partial charge >= 0.3 is 5.97 Å². The Morgan fingerprint density at radius 2 is 1.65 bits per heavy atom. The first-order valence-electron chi connectivity index (χ1n) is 6.82. The third-order valence-electron chi connectivity index (χ3n) is 2.71. The van der Waals surface area contributed by atoms with Gasteiger partial charge in [-0.3, -0.25) is 0 Å². The number of nitrogens with zero attached hydrogens (tertiary/aromatic N) is 1. The molecule has 0 aliphatic carbocycles. The van der Waals surface area contributed by atoms with E-state index in [-0.39, 0.29) is 5.97 Å². The van der Waals surface area contributed by atoms with E-state index in [2.05, 4.69) is 0 Å². The number of benzene rings is 1. The van der Waals surface area contributed by atoms with Crippen LogP contribution in [0.25, 0.3) is 0 Å². The maximum Gasteiger partial charge on any atom is 0.338 e. The van der Waals surface area contributed by atoms with E-state index >= 15 is 0 Å². The van der Waals surface area contributed by atoms with Crippen molar-refractivity contribution in [3.63, 3.8) is 0 Å². The van der Waals surface area contributed by atoms with Gasteiger partial charge in [-0.25, -0.2) is 4.79 Å². The standard InChI is InChI=1S/C15H23NO4/c1-4-20-15(19)13-5-7-14(8-6-13)16(9-11(2)17)10-12(3)18/h5-8,11-12,17-18H,4,9-10H2,1-3H3/t11-,12-/m0/s1. The van der Waals surface area contributed by atoms with Crippen LogP contribution < -0.4 is 4.90 Å². The van der Waals surface area contributed by atoms with Crippen LogP contribution in [0.5, 0.6) is 0 Å². The van der Waals surface area contributed by atoms with E-state index < -0.39 is 12.2 Å². The van der Waals surface area contributed by atoms with E-state index in [1.54, 1.807) is 45.0 Å². The summed E-state index contributed by atoms with van der Waals surface area (Å²) >= 11 is 0. The zero-order valence-corrected chi connectivity index (χ0v) is 12.2. The summed E-state index contributed by atoms with van der Waals surface area (Å²) in [5, 5.41) is 19.0. The Kier molecular flexibility index (Phi) is 6.48. The van der Waals surface area contributed by atoms with Crippen LogP contribution in [-0.2, 0) is 4.74 Å². The molecule has 0 amide bonds. The first kappa shape index (κ1) is 16.5. The van der Waals surface area contributed by atoms with Gasteiger partial charge in [0.2, 0.25) is 0 Å². The maximum atomic E-state index is 11.6. The summed E-state index contributed by atoms with van der Waals surface area (Å²) in [6, 6.07) is 6.95. The first-order chi connectivity index (χ1) is 9.43. The second-order valence-corrected chi connectivity index (χ2v) is 4.87. The minimum Gasteiger partial charge on any atom is -0.462 e. The van der Waals surface area contributed by atoms with Crippen LogP contribution in [0.15, 0.2) is 24.3 Å². The number of hydrogen-bond acceptors (Lipinski definition) is 5. The van der Waals surface area contributed by atoms with Crippen molar-refractivity contribution < 1.29 is 19.7 Å². The lowest BCUT2D eigenvalue weighted by atomic mass is 10.1. The smallest absolute Gasteiger partial charge is 0.338 e. The second kappa shape index (κ2) is 7.87. The van der Waals surface area contributed by atoms with Crippen molar-refractivity contribution in [1.82, 2.24) is 0 Å². The van der Waals surface area contributed by atoms with Crippen molar-refractivity contribution in [2.75, 3.05) is 24.6 Å². The number of carbonyl (C=O) groups is 1. The van der Waals surface area contributed by atoms with Gasteiger partial charge in [0.05, 0.1) is 24.4 Å². The molecule has 5 nitrogen and oxygen atoms in total. The molecule has 2 N–H and O–H groups in total. The molecule has 112 valence electrons. The SMILES string of the molecule is CCOC(=O)c1ccc(N(C[C@H](C)O)C[C@H](C)O)cc1. The summed E-state index contributed by atoms with van der Waals surface area (Å²) < 4.78 is 4.92. The minimum absolute atomic E-state index is 0.344. The van der Waals surface area contributed by atoms with Gasteiger partial charge in [-0.1, -0.05) is 0 Å². The Hall–Kier alpha value is -1.59. The fourth-order valence-corrected chi connectivity index (χ4v) is 1.95. The topological polar surface area (TPSA) is 70.0 Å². The number of ether oxygens (including phenoxy) is 1. The Balaban J connectivity index is 2.84. The molecule has 1 rings (SSSR count). The summed E-state index contributed by atoms with van der Waals surface area (Å²) in [7, 11) is 0. The summed E-state index contributed by atoms with van der Waals surface area (Å²) in [5.41, 5.74) is 1.34. The van der Waals surface area contributed by atoms with Crippen molar-refractivity contribution in [2.24, 2.45) is 0 Å². The second-order valence-electron chi connectivity index (χ2n) is 4.87. The van der Waals surface area contributed by atoms with Gasteiger partial charge in [0.1, 0.15) is 0 Å². The van der Waals surface area contributed by atoms with E-state index in [0.29, 0.717) is 25.3 Å². The summed E-state index contributed by atoms with van der Waals surface area (Å²) in [6.07, 6.45) is -1.00. The molecule has 0 aliphatic heterocycles. The quantitative estimate of drug-likeness (QED) is 0.740. The lowest BCUT2D eigenvalue weighted by Gasteiger charge is -2.27. The monoisotopic (exact) mass is 281 g/mol. The van der Waals surface area contributed by atoms with Crippen LogP contribution >= 0.6 is 0 Å². The van der Waals surface area contributed by atoms with Crippen molar-refractivity contribution in [3.8, 4) is 0 Å². The zero-order valence-electron chi connectivity index (χ0n) is 12.2. The molecule has 0 saturated heterocycles. The van der Waals surface area contributed by atoms with Crippen molar-refractivity contribution >= 4 is 11.7 Å². The predicted molar refractivity (Wildman–Crippen MR) is 78.0 cm³/mol. The third kappa shape index (κ3) is 5.19. The minimum atomic E-state index is -0.501. The molecular weight excluding hydrogens is 258 g/mol. The number of aliphatic hydroxyl groups is 2. The molecule has 1 aromatic carbocycles. The number of carbonyl (C=O) groups excluding carboxylic acids is 1. The zero-order chi connectivity index (χ0) is 15.1. The number of aliphatic hydroxyl groups excluding tert-OH is 2. The fraction of sp³-hybridized carbons (Fsp3) is 0.533. The highest BCUT2D eigenvalue weighted by Gasteiger charge is 2.13. The third-order valence-corrected chi connectivity index (χ3v) is 2.71. The van der Waals surface area contributed by atoms with E-state index in [9.17, 15) is 15.0 Å². The molecule has 0 heterocycles. The van der Waals surface area contributed by atoms with Crippen LogP contribution in [0, 0.1) is 0 Å². The number of anilines is 1.